The smallest absolute Gasteiger partial charge is 0.410 e. The van der Waals surface area contributed by atoms with E-state index in [0.717, 1.165) is 139 Å². The average Bonchev–Trinajstić information content (AvgIpc) is 1.59. The minimum absolute atomic E-state index is 0.00309. The molecule has 0 radical (unpaired) electrons. The second-order valence-corrected chi connectivity index (χ2v) is 32.3. The van der Waals surface area contributed by atoms with Gasteiger partial charge in [0, 0.05) is 131 Å². The Bertz CT molecular complexity index is 4010. The average molecular weight is 1590 g/mol. The maximum absolute atomic E-state index is 12.9. The second kappa shape index (κ2) is 44.7. The highest BCUT2D eigenvalue weighted by Crippen LogP contribution is 2.30. The molecule has 0 spiro atoms. The Morgan fingerprint density at radius 3 is 1.20 bits per heavy atom. The molecule has 8 heterocycles. The molecule has 114 heavy (non-hydrogen) atoms. The quantitative estimate of drug-likeness (QED) is 0.0350. The van der Waals surface area contributed by atoms with Gasteiger partial charge in [-0.05, 0) is 273 Å². The van der Waals surface area contributed by atoms with Crippen LogP contribution >= 0.6 is 11.6 Å². The molecule has 4 aliphatic carbocycles. The van der Waals surface area contributed by atoms with Crippen molar-refractivity contribution in [1.29, 1.82) is 0 Å². The van der Waals surface area contributed by atoms with Crippen LogP contribution in [0.5, 0.6) is 23.5 Å². The molecule has 6 N–H and O–H groups in total. The number of aromatic nitrogens is 8. The lowest BCUT2D eigenvalue weighted by Gasteiger charge is -2.24. The first-order valence-electron chi connectivity index (χ1n) is 40.4. The number of aromatic carboxylic acids is 1. The topological polar surface area (TPSA) is 353 Å². The van der Waals surface area contributed by atoms with Crippen LogP contribution in [0.3, 0.4) is 0 Å². The lowest BCUT2D eigenvalue weighted by molar-refractivity contribution is -0.112. The number of amides is 5. The molecule has 5 amide bonds. The number of nitrogens with one attached hydrogen (secondary N) is 3. The van der Waals surface area contributed by atoms with Gasteiger partial charge in [-0.3, -0.25) is 14.4 Å². The number of carboxylic acids is 1. The van der Waals surface area contributed by atoms with Gasteiger partial charge < -0.3 is 69.9 Å². The molecule has 4 atom stereocenters. The Morgan fingerprint density at radius 2 is 0.842 bits per heavy atom. The van der Waals surface area contributed by atoms with E-state index >= 15 is 0 Å². The zero-order valence-corrected chi connectivity index (χ0v) is 67.8. The van der Waals surface area contributed by atoms with E-state index in [-0.39, 0.29) is 52.9 Å². The Hall–Kier alpha value is -9.93. The lowest BCUT2D eigenvalue weighted by atomic mass is 10.0. The molecular formula is C85H116ClN15O13. The molecule has 0 bridgehead atoms. The zero-order valence-electron chi connectivity index (χ0n) is 67.1. The van der Waals surface area contributed by atoms with Gasteiger partial charge in [0.05, 0.1) is 5.56 Å². The summed E-state index contributed by atoms with van der Waals surface area (Å²) in [7, 11) is 0. The Morgan fingerprint density at radius 1 is 0.482 bits per heavy atom. The molecule has 616 valence electrons. The summed E-state index contributed by atoms with van der Waals surface area (Å²) in [6.45, 7) is 24.4. The molecule has 8 fully saturated rings. The van der Waals surface area contributed by atoms with E-state index in [1.165, 1.54) is 101 Å². The van der Waals surface area contributed by atoms with E-state index in [1.54, 1.807) is 58.7 Å². The number of nitrogens with two attached hydrogens (primary N) is 1. The molecule has 4 saturated carbocycles. The highest BCUT2D eigenvalue weighted by molar-refractivity contribution is 6.28. The summed E-state index contributed by atoms with van der Waals surface area (Å²) in [4.78, 5) is 109. The summed E-state index contributed by atoms with van der Waals surface area (Å²) in [6.07, 6.45) is 35.6. The van der Waals surface area contributed by atoms with Crippen molar-refractivity contribution in [2.45, 2.75) is 231 Å². The van der Waals surface area contributed by atoms with Gasteiger partial charge in [-0.2, -0.15) is 19.9 Å². The summed E-state index contributed by atoms with van der Waals surface area (Å²) in [6, 6.07) is 20.2. The summed E-state index contributed by atoms with van der Waals surface area (Å²) in [5.74, 6) is 4.99. The van der Waals surface area contributed by atoms with Gasteiger partial charge >= 0.3 is 18.2 Å². The van der Waals surface area contributed by atoms with Crippen LogP contribution in [0.15, 0.2) is 123 Å². The standard InChI is InChI=1S/C24H28N4O3.C19H29N3O3.C14H21N3O.C10H9NO3.C9H11ClN2O.C9H18N2O2/c1-2-22(29)26-19-9-7-18(8-10-19)24(30)28-14-12-17(16-28)15-21-25-13-11-23(27-21)31-20-5-3-4-6-20;1-19(2,3)25-18(23)22-11-9-14(13-22)12-16-20-10-8-17(21-16)24-15-6-4-5-7-15;1-2-4-12(3-1)18-14-6-8-16-13(17-14)9-11-5-7-15-10-11;1-2-9(12)11-8-5-3-7(4-6-8)10(13)14;10-9-11-6-5-8(12-9)13-7-3-1-2-4-7;1-9(2,3)13-8(12)11-5-4-7(10)6-11/h2,7-11,13,17,20H,1,3-6,12,14-16H2,(H,26,29);8,10,14-15H,4-7,9,11-13H2,1-3H3;6,8,11-12,15H,1-5,7,9-10H2;2-6H,1H2,(H,11,12)(H,13,14);5-7H,1-4H2;7H,4-6,10H2,1-3H3/t17-;14-;11-;;;7-/m000..1/s1. The molecule has 14 rings (SSSR count). The number of ether oxygens (including phenoxy) is 6. The molecule has 4 saturated heterocycles. The first-order valence-corrected chi connectivity index (χ1v) is 40.8. The SMILES string of the molecule is C=CC(=O)Nc1ccc(C(=O)N2CC[C@@H](Cc3nccc(OC4CCCC4)n3)C2)cc1.C=CC(=O)Nc1ccc(C(=O)O)cc1.CC(C)(C)OC(=O)N1CC[C@@H](Cc2nccc(OC3CCCC3)n2)C1.CC(C)(C)OC(=O)N1CC[C@@H](N)C1.Clc1nccc(OC2CCCC2)n1.c1cc(OC2CCCC2)nc(C[C@@H]2CCNC2)n1. The Labute approximate surface area is 675 Å². The predicted octanol–water partition coefficient (Wildman–Crippen LogP) is 14.1. The maximum atomic E-state index is 12.9. The minimum atomic E-state index is -0.994. The van der Waals surface area contributed by atoms with Crippen molar-refractivity contribution in [2.75, 3.05) is 63.0 Å². The number of likely N-dealkylation sites (tertiary alicyclic amines) is 3. The molecule has 8 aliphatic rings. The number of carboxylic acid groups (broad SMARTS) is 1. The van der Waals surface area contributed by atoms with Crippen molar-refractivity contribution < 1.29 is 62.3 Å². The molecule has 28 nitrogen and oxygen atoms in total. The second-order valence-electron chi connectivity index (χ2n) is 32.0. The van der Waals surface area contributed by atoms with E-state index in [2.05, 4.69) is 69.0 Å². The third-order valence-corrected chi connectivity index (χ3v) is 20.3. The van der Waals surface area contributed by atoms with Crippen molar-refractivity contribution in [3.63, 3.8) is 0 Å². The molecule has 4 aromatic heterocycles. The molecule has 29 heteroatoms. The van der Waals surface area contributed by atoms with Gasteiger partial charge in [0.25, 0.3) is 5.91 Å². The van der Waals surface area contributed by atoms with Crippen molar-refractivity contribution >= 4 is 58.9 Å². The molecule has 2 aromatic carbocycles. The van der Waals surface area contributed by atoms with Gasteiger partial charge in [0.15, 0.2) is 0 Å². The normalized spacial score (nSPS) is 19.5. The summed E-state index contributed by atoms with van der Waals surface area (Å²) >= 11 is 5.63. The number of hydrogen-bond acceptors (Lipinski definition) is 22. The third-order valence-electron chi connectivity index (χ3n) is 20.1. The number of benzene rings is 2. The number of hydrogen-bond donors (Lipinski definition) is 5. The Balaban J connectivity index is 0.000000162. The van der Waals surface area contributed by atoms with Crippen LogP contribution in [-0.2, 0) is 38.3 Å². The predicted molar refractivity (Wildman–Crippen MR) is 435 cm³/mol. The van der Waals surface area contributed by atoms with Crippen LogP contribution in [-0.4, -0.2) is 190 Å². The van der Waals surface area contributed by atoms with Crippen LogP contribution in [0.25, 0.3) is 0 Å². The number of carbonyl (C=O) groups is 6. The van der Waals surface area contributed by atoms with E-state index < -0.39 is 17.2 Å². The van der Waals surface area contributed by atoms with Gasteiger partial charge in [0.2, 0.25) is 40.6 Å². The van der Waals surface area contributed by atoms with Crippen LogP contribution in [0.1, 0.15) is 208 Å². The van der Waals surface area contributed by atoms with Crippen LogP contribution in [0, 0.1) is 17.8 Å². The number of anilines is 2. The zero-order chi connectivity index (χ0) is 81.4. The fourth-order valence-electron chi connectivity index (χ4n) is 14.3. The Kier molecular flexibility index (Phi) is 34.5. The summed E-state index contributed by atoms with van der Waals surface area (Å²) in [5.41, 5.74) is 6.78. The fourth-order valence-corrected chi connectivity index (χ4v) is 14.4. The summed E-state index contributed by atoms with van der Waals surface area (Å²) in [5, 5.41) is 17.4. The van der Waals surface area contributed by atoms with Gasteiger partial charge in [-0.15, -0.1) is 0 Å². The molecule has 0 unspecified atom stereocenters. The fraction of sp³-hybridized carbons (Fsp3) is 0.553. The van der Waals surface area contributed by atoms with Crippen LogP contribution in [0.2, 0.25) is 5.28 Å². The van der Waals surface area contributed by atoms with Crippen molar-refractivity contribution in [3.05, 3.63) is 157 Å². The third kappa shape index (κ3) is 31.5. The van der Waals surface area contributed by atoms with E-state index in [1.807, 2.05) is 70.8 Å². The minimum Gasteiger partial charge on any atom is -0.478 e. The number of nitrogens with zero attached hydrogens (tertiary/aromatic N) is 11. The first-order chi connectivity index (χ1) is 54.7. The first kappa shape index (κ1) is 88.0. The van der Waals surface area contributed by atoms with Gasteiger partial charge in [0.1, 0.15) is 53.1 Å². The monoisotopic (exact) mass is 1590 g/mol. The van der Waals surface area contributed by atoms with E-state index in [9.17, 15) is 28.8 Å². The van der Waals surface area contributed by atoms with E-state index in [4.69, 9.17) is 50.9 Å². The summed E-state index contributed by atoms with van der Waals surface area (Å²) < 4.78 is 34.1. The van der Waals surface area contributed by atoms with Gasteiger partial charge in [-0.25, -0.2) is 34.3 Å². The maximum Gasteiger partial charge on any atom is 0.410 e. The molecule has 6 aromatic rings. The highest BCUT2D eigenvalue weighted by Gasteiger charge is 2.33. The number of halogens is 1. The highest BCUT2D eigenvalue weighted by atomic mass is 35.5. The van der Waals surface area contributed by atoms with Crippen molar-refractivity contribution in [3.8, 4) is 23.5 Å². The lowest BCUT2D eigenvalue weighted by Crippen LogP contribution is -2.36. The van der Waals surface area contributed by atoms with Gasteiger partial charge in [-0.1, -0.05) is 13.2 Å². The number of carbonyl (C=O) groups excluding carboxylic acids is 5. The van der Waals surface area contributed by atoms with E-state index in [0.29, 0.717) is 90.3 Å². The molecule has 4 aliphatic heterocycles. The number of rotatable bonds is 20. The van der Waals surface area contributed by atoms with Crippen molar-refractivity contribution in [1.82, 2.24) is 59.9 Å². The largest absolute Gasteiger partial charge is 0.478 e. The molecular weight excluding hydrogens is 1470 g/mol. The van der Waals surface area contributed by atoms with Crippen molar-refractivity contribution in [2.24, 2.45) is 23.5 Å². The van der Waals surface area contributed by atoms with Crippen LogP contribution < -0.4 is 40.6 Å². The van der Waals surface area contributed by atoms with Crippen LogP contribution in [0.4, 0.5) is 21.0 Å².